The maximum atomic E-state index is 9.85. The summed E-state index contributed by atoms with van der Waals surface area (Å²) in [5, 5.41) is 9.85. The van der Waals surface area contributed by atoms with Crippen molar-refractivity contribution in [3.63, 3.8) is 0 Å². The van der Waals surface area contributed by atoms with Crippen LogP contribution < -0.4 is 5.73 Å². The number of aryl methyl sites for hydroxylation is 1. The zero-order valence-corrected chi connectivity index (χ0v) is 11.3. The number of likely N-dealkylation sites (N-methyl/N-ethyl adjacent to an activating group) is 1. The molecule has 1 unspecified atom stereocenters. The van der Waals surface area contributed by atoms with Gasteiger partial charge in [-0.3, -0.25) is 4.90 Å². The lowest BCUT2D eigenvalue weighted by molar-refractivity contribution is 0.0321. The number of rotatable bonds is 5. The first-order valence-corrected chi connectivity index (χ1v) is 6.03. The SMILES string of the molecule is Cc1cccc(C(CN)N(C)CC(C)(C)O)c1. The average Bonchev–Trinajstić information content (AvgIpc) is 2.15. The summed E-state index contributed by atoms with van der Waals surface area (Å²) in [6.07, 6.45) is 0. The van der Waals surface area contributed by atoms with E-state index in [9.17, 15) is 5.11 Å². The Bertz CT molecular complexity index is 357. The van der Waals surface area contributed by atoms with E-state index < -0.39 is 5.60 Å². The highest BCUT2D eigenvalue weighted by Crippen LogP contribution is 2.21. The van der Waals surface area contributed by atoms with E-state index in [0.717, 1.165) is 0 Å². The van der Waals surface area contributed by atoms with Crippen molar-refractivity contribution in [2.75, 3.05) is 20.1 Å². The molecule has 0 aliphatic rings. The minimum atomic E-state index is -0.702. The van der Waals surface area contributed by atoms with Gasteiger partial charge < -0.3 is 10.8 Å². The lowest BCUT2D eigenvalue weighted by atomic mass is 10.0. The first kappa shape index (κ1) is 14.2. The lowest BCUT2D eigenvalue weighted by Gasteiger charge is -2.32. The van der Waals surface area contributed by atoms with Gasteiger partial charge in [-0.25, -0.2) is 0 Å². The highest BCUT2D eigenvalue weighted by molar-refractivity contribution is 5.25. The van der Waals surface area contributed by atoms with Gasteiger partial charge in [-0.1, -0.05) is 29.8 Å². The summed E-state index contributed by atoms with van der Waals surface area (Å²) in [5.41, 5.74) is 7.59. The Labute approximate surface area is 104 Å². The van der Waals surface area contributed by atoms with Crippen LogP contribution in [0.4, 0.5) is 0 Å². The van der Waals surface area contributed by atoms with E-state index >= 15 is 0 Å². The first-order chi connectivity index (χ1) is 7.83. The molecule has 1 rings (SSSR count). The molecule has 3 nitrogen and oxygen atoms in total. The predicted molar refractivity (Wildman–Crippen MR) is 71.9 cm³/mol. The van der Waals surface area contributed by atoms with Gasteiger partial charge in [0.1, 0.15) is 0 Å². The summed E-state index contributed by atoms with van der Waals surface area (Å²) < 4.78 is 0. The van der Waals surface area contributed by atoms with Gasteiger partial charge in [0.15, 0.2) is 0 Å². The fourth-order valence-corrected chi connectivity index (χ4v) is 2.17. The minimum Gasteiger partial charge on any atom is -0.389 e. The molecule has 0 fully saturated rings. The fraction of sp³-hybridized carbons (Fsp3) is 0.571. The molecule has 0 bridgehead atoms. The van der Waals surface area contributed by atoms with Crippen molar-refractivity contribution in [1.29, 1.82) is 0 Å². The van der Waals surface area contributed by atoms with E-state index in [-0.39, 0.29) is 6.04 Å². The third-order valence-corrected chi connectivity index (χ3v) is 2.82. The second kappa shape index (κ2) is 5.63. The summed E-state index contributed by atoms with van der Waals surface area (Å²) in [4.78, 5) is 2.11. The van der Waals surface area contributed by atoms with E-state index in [1.807, 2.05) is 27.0 Å². The highest BCUT2D eigenvalue weighted by atomic mass is 16.3. The smallest absolute Gasteiger partial charge is 0.0718 e. The Morgan fingerprint density at radius 3 is 2.53 bits per heavy atom. The normalized spacial score (nSPS) is 14.1. The van der Waals surface area contributed by atoms with Crippen LogP contribution in [0.25, 0.3) is 0 Å². The summed E-state index contributed by atoms with van der Waals surface area (Å²) in [5.74, 6) is 0. The van der Waals surface area contributed by atoms with Crippen molar-refractivity contribution in [2.24, 2.45) is 5.73 Å². The summed E-state index contributed by atoms with van der Waals surface area (Å²) in [6, 6.07) is 8.52. The largest absolute Gasteiger partial charge is 0.389 e. The van der Waals surface area contributed by atoms with Crippen LogP contribution in [-0.4, -0.2) is 35.7 Å². The molecule has 1 atom stereocenters. The first-order valence-electron chi connectivity index (χ1n) is 6.03. The van der Waals surface area contributed by atoms with Crippen LogP contribution in [-0.2, 0) is 0 Å². The van der Waals surface area contributed by atoms with Gasteiger partial charge in [0.2, 0.25) is 0 Å². The van der Waals surface area contributed by atoms with Crippen LogP contribution in [0.5, 0.6) is 0 Å². The summed E-state index contributed by atoms with van der Waals surface area (Å²) in [6.45, 7) is 6.85. The molecule has 3 N–H and O–H groups in total. The molecule has 1 aromatic carbocycles. The van der Waals surface area contributed by atoms with Crippen LogP contribution in [0.2, 0.25) is 0 Å². The quantitative estimate of drug-likeness (QED) is 0.818. The van der Waals surface area contributed by atoms with Gasteiger partial charge in [0.25, 0.3) is 0 Å². The molecule has 0 heterocycles. The van der Waals surface area contributed by atoms with E-state index in [1.165, 1.54) is 11.1 Å². The summed E-state index contributed by atoms with van der Waals surface area (Å²) in [7, 11) is 2.00. The molecule has 0 saturated heterocycles. The van der Waals surface area contributed by atoms with Crippen molar-refractivity contribution in [1.82, 2.24) is 4.90 Å². The van der Waals surface area contributed by atoms with Gasteiger partial charge in [0.05, 0.1) is 5.60 Å². The Balaban J connectivity index is 2.84. The molecule has 96 valence electrons. The highest BCUT2D eigenvalue weighted by Gasteiger charge is 2.22. The number of nitrogens with two attached hydrogens (primary N) is 1. The molecule has 3 heteroatoms. The van der Waals surface area contributed by atoms with Crippen molar-refractivity contribution in [3.05, 3.63) is 35.4 Å². The molecule has 0 aliphatic carbocycles. The van der Waals surface area contributed by atoms with Crippen LogP contribution >= 0.6 is 0 Å². The van der Waals surface area contributed by atoms with Gasteiger partial charge >= 0.3 is 0 Å². The Kier molecular flexibility index (Phi) is 4.69. The Hall–Kier alpha value is -0.900. The lowest BCUT2D eigenvalue weighted by Crippen LogP contribution is -2.40. The topological polar surface area (TPSA) is 49.5 Å². The van der Waals surface area contributed by atoms with E-state index in [4.69, 9.17) is 5.73 Å². The van der Waals surface area contributed by atoms with Crippen LogP contribution in [0.3, 0.4) is 0 Å². The molecule has 0 aliphatic heterocycles. The van der Waals surface area contributed by atoms with Gasteiger partial charge in [-0.2, -0.15) is 0 Å². The molecule has 1 aromatic rings. The number of benzene rings is 1. The molecule has 0 aromatic heterocycles. The fourth-order valence-electron chi connectivity index (χ4n) is 2.17. The molecule has 0 spiro atoms. The molecular weight excluding hydrogens is 212 g/mol. The average molecular weight is 236 g/mol. The van der Waals surface area contributed by atoms with Gasteiger partial charge in [-0.15, -0.1) is 0 Å². The second-order valence-corrected chi connectivity index (χ2v) is 5.39. The van der Waals surface area contributed by atoms with E-state index in [2.05, 4.69) is 30.0 Å². The molecule has 17 heavy (non-hydrogen) atoms. The molecule has 0 amide bonds. The third-order valence-electron chi connectivity index (χ3n) is 2.82. The van der Waals surface area contributed by atoms with E-state index in [1.54, 1.807) is 0 Å². The predicted octanol–water partition coefficient (Wildman–Crippen LogP) is 1.70. The van der Waals surface area contributed by atoms with Crippen LogP contribution in [0.1, 0.15) is 31.0 Å². The molecule has 0 saturated carbocycles. The maximum Gasteiger partial charge on any atom is 0.0718 e. The standard InChI is InChI=1S/C14H24N2O/c1-11-6-5-7-12(8-11)13(9-15)16(4)10-14(2,3)17/h5-8,13,17H,9-10,15H2,1-4H3. The van der Waals surface area contributed by atoms with Crippen molar-refractivity contribution in [2.45, 2.75) is 32.4 Å². The second-order valence-electron chi connectivity index (χ2n) is 5.39. The maximum absolute atomic E-state index is 9.85. The van der Waals surface area contributed by atoms with Crippen molar-refractivity contribution < 1.29 is 5.11 Å². The zero-order valence-electron chi connectivity index (χ0n) is 11.3. The van der Waals surface area contributed by atoms with Crippen molar-refractivity contribution in [3.8, 4) is 0 Å². The Morgan fingerprint density at radius 1 is 1.41 bits per heavy atom. The minimum absolute atomic E-state index is 0.154. The number of hydrogen-bond acceptors (Lipinski definition) is 3. The van der Waals surface area contributed by atoms with Crippen LogP contribution in [0.15, 0.2) is 24.3 Å². The van der Waals surface area contributed by atoms with Crippen molar-refractivity contribution >= 4 is 0 Å². The van der Waals surface area contributed by atoms with Gasteiger partial charge in [0, 0.05) is 19.1 Å². The summed E-state index contributed by atoms with van der Waals surface area (Å²) >= 11 is 0. The number of hydrogen-bond donors (Lipinski definition) is 2. The molecular formula is C14H24N2O. The third kappa shape index (κ3) is 4.46. The van der Waals surface area contributed by atoms with Crippen LogP contribution in [0, 0.1) is 6.92 Å². The monoisotopic (exact) mass is 236 g/mol. The molecule has 0 radical (unpaired) electrons. The number of aliphatic hydroxyl groups is 1. The van der Waals surface area contributed by atoms with E-state index in [0.29, 0.717) is 13.1 Å². The zero-order chi connectivity index (χ0) is 13.1. The number of nitrogens with zero attached hydrogens (tertiary/aromatic N) is 1. The van der Waals surface area contributed by atoms with Gasteiger partial charge in [-0.05, 0) is 33.4 Å². The Morgan fingerprint density at radius 2 is 2.06 bits per heavy atom.